The van der Waals surface area contributed by atoms with Gasteiger partial charge in [0.05, 0.1) is 6.61 Å². The van der Waals surface area contributed by atoms with Crippen LogP contribution in [0.1, 0.15) is 47.5 Å². The van der Waals surface area contributed by atoms with Crippen LogP contribution in [0.15, 0.2) is 28.8 Å². The molecule has 0 unspecified atom stereocenters. The number of nitrogens with zero attached hydrogens (tertiary/aromatic N) is 1. The summed E-state index contributed by atoms with van der Waals surface area (Å²) in [5.74, 6) is 0.838. The Labute approximate surface area is 165 Å². The molecule has 0 amide bonds. The summed E-state index contributed by atoms with van der Waals surface area (Å²) in [6.45, 7) is 1.77. The van der Waals surface area contributed by atoms with E-state index in [-0.39, 0.29) is 30.5 Å². The molecule has 9 heteroatoms. The number of alkyl halides is 2. The molecular formula is C20H21F2NO6. The second-order valence-corrected chi connectivity index (χ2v) is 7.14. The van der Waals surface area contributed by atoms with E-state index in [1.807, 2.05) is 0 Å². The van der Waals surface area contributed by atoms with Crippen molar-refractivity contribution in [3.8, 4) is 11.5 Å². The number of halogens is 2. The van der Waals surface area contributed by atoms with Crippen molar-refractivity contribution < 1.29 is 37.0 Å². The van der Waals surface area contributed by atoms with Crippen molar-refractivity contribution in [1.29, 1.82) is 0 Å². The van der Waals surface area contributed by atoms with Gasteiger partial charge in [0.1, 0.15) is 12.3 Å². The largest absolute Gasteiger partial charge is 0.586 e. The van der Waals surface area contributed by atoms with Gasteiger partial charge in [-0.15, -0.1) is 8.78 Å². The first kappa shape index (κ1) is 19.8. The Hall–Kier alpha value is -2.52. The summed E-state index contributed by atoms with van der Waals surface area (Å²) in [5.41, 5.74) is 0.929. The lowest BCUT2D eigenvalue weighted by Crippen LogP contribution is -2.25. The zero-order valence-electron chi connectivity index (χ0n) is 15.7. The molecule has 3 heterocycles. The highest BCUT2D eigenvalue weighted by Gasteiger charge is 2.43. The molecule has 7 nitrogen and oxygen atoms in total. The summed E-state index contributed by atoms with van der Waals surface area (Å²) in [6, 6.07) is 6.02. The third-order valence-electron chi connectivity index (χ3n) is 4.94. The third-order valence-corrected chi connectivity index (χ3v) is 4.94. The molecule has 1 saturated heterocycles. The first-order chi connectivity index (χ1) is 14.0. The van der Waals surface area contributed by atoms with Crippen LogP contribution in [-0.4, -0.2) is 30.4 Å². The SMILES string of the molecule is O=C(CCC1CCOCC1)c1cc(COCc2ccc3c(c2)OC(F)(F)O3)on1. The summed E-state index contributed by atoms with van der Waals surface area (Å²) in [6.07, 6.45) is -0.413. The standard InChI is InChI=1S/C20H21F2NO6/c21-20(22)27-18-4-2-14(9-19(18)28-20)11-26-12-15-10-16(23-29-15)17(24)3-1-13-5-7-25-8-6-13/h2,4,9-10,13H,1,3,5-8,11-12H2. The molecule has 156 valence electrons. The minimum atomic E-state index is -3.64. The molecule has 4 rings (SSSR count). The summed E-state index contributed by atoms with van der Waals surface area (Å²) in [5, 5.41) is 3.82. The zero-order chi connectivity index (χ0) is 20.3. The molecule has 0 atom stereocenters. The Morgan fingerprint density at radius 1 is 1.14 bits per heavy atom. The average molecular weight is 409 g/mol. The molecular weight excluding hydrogens is 388 g/mol. The predicted molar refractivity (Wildman–Crippen MR) is 94.7 cm³/mol. The molecule has 0 bridgehead atoms. The topological polar surface area (TPSA) is 80.0 Å². The number of carbonyl (C=O) groups is 1. The van der Waals surface area contributed by atoms with Crippen LogP contribution in [0.4, 0.5) is 8.78 Å². The maximum Gasteiger partial charge on any atom is 0.586 e. The second kappa shape index (κ2) is 8.46. The second-order valence-electron chi connectivity index (χ2n) is 7.14. The molecule has 0 N–H and O–H groups in total. The lowest BCUT2D eigenvalue weighted by atomic mass is 9.93. The van der Waals surface area contributed by atoms with Gasteiger partial charge in [0.15, 0.2) is 23.0 Å². The van der Waals surface area contributed by atoms with Crippen molar-refractivity contribution in [2.45, 2.75) is 45.2 Å². The van der Waals surface area contributed by atoms with Gasteiger partial charge in [0, 0.05) is 25.7 Å². The highest BCUT2D eigenvalue weighted by atomic mass is 19.3. The monoisotopic (exact) mass is 409 g/mol. The van der Waals surface area contributed by atoms with Crippen LogP contribution in [0.5, 0.6) is 11.5 Å². The lowest BCUT2D eigenvalue weighted by molar-refractivity contribution is -0.286. The van der Waals surface area contributed by atoms with Crippen molar-refractivity contribution in [2.75, 3.05) is 13.2 Å². The maximum atomic E-state index is 13.0. The predicted octanol–water partition coefficient (Wildman–Crippen LogP) is 4.10. The highest BCUT2D eigenvalue weighted by molar-refractivity contribution is 5.94. The van der Waals surface area contributed by atoms with Gasteiger partial charge in [-0.1, -0.05) is 11.2 Å². The first-order valence-corrected chi connectivity index (χ1v) is 9.51. The molecule has 1 aromatic carbocycles. The Morgan fingerprint density at radius 3 is 2.76 bits per heavy atom. The Bertz CT molecular complexity index is 862. The van der Waals surface area contributed by atoms with Crippen molar-refractivity contribution in [2.24, 2.45) is 5.92 Å². The lowest BCUT2D eigenvalue weighted by Gasteiger charge is -2.21. The zero-order valence-corrected chi connectivity index (χ0v) is 15.7. The fourth-order valence-corrected chi connectivity index (χ4v) is 3.36. The number of hydrogen-bond acceptors (Lipinski definition) is 7. The minimum Gasteiger partial charge on any atom is -0.395 e. The van der Waals surface area contributed by atoms with Gasteiger partial charge in [-0.2, -0.15) is 0 Å². The van der Waals surface area contributed by atoms with E-state index in [0.29, 0.717) is 29.4 Å². The quantitative estimate of drug-likeness (QED) is 0.607. The smallest absolute Gasteiger partial charge is 0.395 e. The van der Waals surface area contributed by atoms with Gasteiger partial charge in [0.2, 0.25) is 0 Å². The maximum absolute atomic E-state index is 13.0. The fraction of sp³-hybridized carbons (Fsp3) is 0.500. The van der Waals surface area contributed by atoms with E-state index >= 15 is 0 Å². The third kappa shape index (κ3) is 5.10. The molecule has 2 aromatic rings. The van der Waals surface area contributed by atoms with Crippen LogP contribution in [0.3, 0.4) is 0 Å². The molecule has 0 spiro atoms. The van der Waals surface area contributed by atoms with Crippen LogP contribution in [0.2, 0.25) is 0 Å². The van der Waals surface area contributed by atoms with Crippen LogP contribution in [0.25, 0.3) is 0 Å². The van der Waals surface area contributed by atoms with Crippen molar-refractivity contribution in [3.63, 3.8) is 0 Å². The summed E-state index contributed by atoms with van der Waals surface area (Å²) in [7, 11) is 0. The normalized spacial score (nSPS) is 18.1. The van der Waals surface area contributed by atoms with Gasteiger partial charge in [-0.05, 0) is 42.9 Å². The van der Waals surface area contributed by atoms with Crippen LogP contribution in [0, 0.1) is 5.92 Å². The first-order valence-electron chi connectivity index (χ1n) is 9.51. The van der Waals surface area contributed by atoms with Gasteiger partial charge in [-0.3, -0.25) is 4.79 Å². The molecule has 2 aliphatic heterocycles. The Kier molecular flexibility index (Phi) is 5.77. The van der Waals surface area contributed by atoms with Crippen LogP contribution >= 0.6 is 0 Å². The van der Waals surface area contributed by atoms with E-state index < -0.39 is 6.29 Å². The van der Waals surface area contributed by atoms with Crippen molar-refractivity contribution in [3.05, 3.63) is 41.3 Å². The summed E-state index contributed by atoms with van der Waals surface area (Å²) < 4.78 is 50.8. The van der Waals surface area contributed by atoms with Crippen molar-refractivity contribution in [1.82, 2.24) is 5.16 Å². The van der Waals surface area contributed by atoms with Crippen molar-refractivity contribution >= 4 is 5.78 Å². The number of fused-ring (bicyclic) bond motifs is 1. The number of rotatable bonds is 8. The van der Waals surface area contributed by atoms with Crippen LogP contribution < -0.4 is 9.47 Å². The number of Topliss-reactive ketones (excluding diaryl/α,β-unsaturated/α-hetero) is 1. The molecule has 1 fully saturated rings. The van der Waals surface area contributed by atoms with Gasteiger partial charge >= 0.3 is 6.29 Å². The van der Waals surface area contributed by atoms with Gasteiger partial charge in [-0.25, -0.2) is 0 Å². The van der Waals surface area contributed by atoms with E-state index in [2.05, 4.69) is 14.6 Å². The molecule has 0 saturated carbocycles. The van der Waals surface area contributed by atoms with Gasteiger partial charge in [0.25, 0.3) is 0 Å². The van der Waals surface area contributed by atoms with E-state index in [0.717, 1.165) is 32.5 Å². The summed E-state index contributed by atoms with van der Waals surface area (Å²) in [4.78, 5) is 12.3. The number of ketones is 1. The van der Waals surface area contributed by atoms with E-state index in [1.54, 1.807) is 12.1 Å². The number of carbonyl (C=O) groups excluding carboxylic acids is 1. The summed E-state index contributed by atoms with van der Waals surface area (Å²) >= 11 is 0. The molecule has 0 radical (unpaired) electrons. The highest BCUT2D eigenvalue weighted by Crippen LogP contribution is 2.41. The number of aromatic nitrogens is 1. The minimum absolute atomic E-state index is 0.0158. The van der Waals surface area contributed by atoms with E-state index in [1.165, 1.54) is 12.1 Å². The number of benzene rings is 1. The Balaban J connectivity index is 1.23. The number of ether oxygens (including phenoxy) is 4. The molecule has 1 aromatic heterocycles. The van der Waals surface area contributed by atoms with Gasteiger partial charge < -0.3 is 23.5 Å². The average Bonchev–Trinajstić information content (AvgIpc) is 3.29. The molecule has 29 heavy (non-hydrogen) atoms. The fourth-order valence-electron chi connectivity index (χ4n) is 3.36. The van der Waals surface area contributed by atoms with E-state index in [4.69, 9.17) is 14.0 Å². The number of hydrogen-bond donors (Lipinski definition) is 0. The van der Waals surface area contributed by atoms with Crippen LogP contribution in [-0.2, 0) is 22.7 Å². The van der Waals surface area contributed by atoms with E-state index in [9.17, 15) is 13.6 Å². The molecule has 0 aliphatic carbocycles. The molecule has 2 aliphatic rings. The Morgan fingerprint density at radius 2 is 1.93 bits per heavy atom.